The molecule has 0 saturated heterocycles. The summed E-state index contributed by atoms with van der Waals surface area (Å²) in [6.07, 6.45) is 8.47. The van der Waals surface area contributed by atoms with Gasteiger partial charge in [0.15, 0.2) is 0 Å². The Morgan fingerprint density at radius 2 is 1.86 bits per heavy atom. The predicted molar refractivity (Wildman–Crippen MR) is 91.2 cm³/mol. The van der Waals surface area contributed by atoms with Gasteiger partial charge < -0.3 is 0 Å². The van der Waals surface area contributed by atoms with Crippen LogP contribution in [-0.4, -0.2) is 3.21 Å². The number of rotatable bonds is 1. The average Bonchev–Trinajstić information content (AvgIpc) is 3.10. The smallest absolute Gasteiger partial charge is 0.0809 e. The number of hydrogen-bond donors (Lipinski definition) is 0. The summed E-state index contributed by atoms with van der Waals surface area (Å²) < 4.78 is 1.51. The maximum atomic E-state index is 3.14. The Kier molecular flexibility index (Phi) is 8.54. The summed E-state index contributed by atoms with van der Waals surface area (Å²) in [5.41, 5.74) is 1.44. The van der Waals surface area contributed by atoms with Gasteiger partial charge in [0.2, 0.25) is 0 Å². The zero-order valence-corrected chi connectivity index (χ0v) is 15.9. The Bertz CT molecular complexity index is 577. The molecule has 0 atom stereocenters. The summed E-state index contributed by atoms with van der Waals surface area (Å²) in [4.78, 5) is 0. The van der Waals surface area contributed by atoms with Gasteiger partial charge in [-0.25, -0.2) is 6.08 Å². The van der Waals surface area contributed by atoms with Gasteiger partial charge in [0.05, 0.1) is 0 Å². The minimum absolute atomic E-state index is 0.685. The van der Waals surface area contributed by atoms with Crippen molar-refractivity contribution in [1.29, 1.82) is 0 Å². The van der Waals surface area contributed by atoms with Crippen LogP contribution < -0.4 is 0 Å². The van der Waals surface area contributed by atoms with Gasteiger partial charge in [0, 0.05) is 0 Å². The molecule has 0 unspecified atom stereocenters. The Balaban J connectivity index is 0.000000171. The van der Waals surface area contributed by atoms with Crippen molar-refractivity contribution in [3.05, 3.63) is 66.3 Å². The number of benzene rings is 1. The minimum atomic E-state index is 0.685. The summed E-state index contributed by atoms with van der Waals surface area (Å²) in [6.45, 7) is 8.65. The van der Waals surface area contributed by atoms with Gasteiger partial charge in [0.1, 0.15) is 0 Å². The third kappa shape index (κ3) is 7.58. The molecular formula is C20H24Zr. The maximum absolute atomic E-state index is 3.14. The van der Waals surface area contributed by atoms with Crippen LogP contribution in [0.4, 0.5) is 0 Å². The van der Waals surface area contributed by atoms with Crippen LogP contribution in [0.5, 0.6) is 0 Å². The second-order valence-corrected chi connectivity index (χ2v) is 8.02. The van der Waals surface area contributed by atoms with Gasteiger partial charge in [-0.3, -0.25) is 6.08 Å². The molecule has 0 bridgehead atoms. The van der Waals surface area contributed by atoms with Crippen LogP contribution in [0, 0.1) is 12.0 Å². The van der Waals surface area contributed by atoms with Crippen LogP contribution >= 0.6 is 0 Å². The molecule has 1 aliphatic rings. The summed E-state index contributed by atoms with van der Waals surface area (Å²) in [5.74, 6) is 0.685. The summed E-state index contributed by atoms with van der Waals surface area (Å²) in [7, 11) is 0. The molecule has 0 saturated carbocycles. The van der Waals surface area contributed by atoms with Crippen molar-refractivity contribution in [3.63, 3.8) is 0 Å². The number of fused-ring (bicyclic) bond motifs is 1. The van der Waals surface area contributed by atoms with Crippen molar-refractivity contribution in [2.24, 2.45) is 5.92 Å². The largest absolute Gasteiger partial charge is 0.168 e. The molecule has 1 aliphatic carbocycles. The summed E-state index contributed by atoms with van der Waals surface area (Å²) in [5, 5.41) is 2.66. The van der Waals surface area contributed by atoms with Crippen molar-refractivity contribution >= 4 is 14.0 Å². The van der Waals surface area contributed by atoms with Crippen LogP contribution in [-0.2, 0) is 24.2 Å². The normalized spacial score (nSPS) is 12.4. The third-order valence-corrected chi connectivity index (χ3v) is 2.94. The van der Waals surface area contributed by atoms with Crippen LogP contribution in [0.2, 0.25) is 0 Å². The van der Waals surface area contributed by atoms with Crippen LogP contribution in [0.25, 0.3) is 10.8 Å². The van der Waals surface area contributed by atoms with E-state index in [-0.39, 0.29) is 0 Å². The monoisotopic (exact) mass is 354 g/mol. The summed E-state index contributed by atoms with van der Waals surface area (Å²) in [6, 6.07) is 14.7. The van der Waals surface area contributed by atoms with Crippen molar-refractivity contribution in [2.75, 3.05) is 0 Å². The molecule has 0 amide bonds. The van der Waals surface area contributed by atoms with Crippen molar-refractivity contribution < 1.29 is 24.2 Å². The van der Waals surface area contributed by atoms with E-state index in [1.807, 2.05) is 0 Å². The van der Waals surface area contributed by atoms with E-state index in [1.54, 1.807) is 24.2 Å². The Morgan fingerprint density at radius 3 is 2.33 bits per heavy atom. The van der Waals surface area contributed by atoms with E-state index in [0.29, 0.717) is 5.92 Å². The Hall–Kier alpha value is -0.937. The zero-order chi connectivity index (χ0) is 15.7. The van der Waals surface area contributed by atoms with Gasteiger partial charge >= 0.3 is 41.3 Å². The van der Waals surface area contributed by atoms with Gasteiger partial charge in [-0.05, 0) is 0 Å². The molecule has 3 rings (SSSR count). The number of allylic oxidation sites excluding steroid dienone is 4. The number of hydrogen-bond acceptors (Lipinski definition) is 0. The first-order chi connectivity index (χ1) is 10.0. The fourth-order valence-corrected chi connectivity index (χ4v) is 1.88. The molecule has 108 valence electrons. The summed E-state index contributed by atoms with van der Waals surface area (Å²) >= 11 is 1.55. The SMILES string of the molecule is CC(C)C1=CC[C-]=C1.C[C](C)=[Zr+2].c1ccc2[cH-]ccc2c1. The van der Waals surface area contributed by atoms with Crippen molar-refractivity contribution in [2.45, 2.75) is 34.1 Å². The first kappa shape index (κ1) is 18.1. The Morgan fingerprint density at radius 1 is 1.19 bits per heavy atom. The van der Waals surface area contributed by atoms with Crippen molar-refractivity contribution in [1.82, 2.24) is 0 Å². The van der Waals surface area contributed by atoms with E-state index in [9.17, 15) is 0 Å². The average molecular weight is 356 g/mol. The molecule has 0 N–H and O–H groups in total. The van der Waals surface area contributed by atoms with Crippen molar-refractivity contribution in [3.8, 4) is 0 Å². The molecule has 21 heavy (non-hydrogen) atoms. The zero-order valence-electron chi connectivity index (χ0n) is 13.5. The van der Waals surface area contributed by atoms with E-state index in [0.717, 1.165) is 6.42 Å². The molecule has 0 aromatic heterocycles. The van der Waals surface area contributed by atoms with E-state index >= 15 is 0 Å². The molecular weight excluding hydrogens is 331 g/mol. The van der Waals surface area contributed by atoms with Gasteiger partial charge in [-0.2, -0.15) is 29.2 Å². The van der Waals surface area contributed by atoms with E-state index in [2.05, 4.69) is 88.4 Å². The van der Waals surface area contributed by atoms with Crippen LogP contribution in [0.1, 0.15) is 34.1 Å². The molecule has 2 aromatic carbocycles. The van der Waals surface area contributed by atoms with Gasteiger partial charge in [-0.15, -0.1) is 36.1 Å². The van der Waals surface area contributed by atoms with E-state index in [1.165, 1.54) is 19.6 Å². The van der Waals surface area contributed by atoms with Crippen LogP contribution in [0.3, 0.4) is 0 Å². The first-order valence-corrected chi connectivity index (χ1v) is 8.62. The third-order valence-electron chi connectivity index (χ3n) is 2.94. The molecule has 0 fully saturated rings. The predicted octanol–water partition coefficient (Wildman–Crippen LogP) is 5.64. The topological polar surface area (TPSA) is 0 Å². The molecule has 0 nitrogen and oxygen atoms in total. The first-order valence-electron chi connectivity index (χ1n) is 7.39. The van der Waals surface area contributed by atoms with E-state index < -0.39 is 0 Å². The second-order valence-electron chi connectivity index (χ2n) is 5.57. The molecule has 0 aliphatic heterocycles. The fourth-order valence-electron chi connectivity index (χ4n) is 1.88. The standard InChI is InChI=1S/C9H7.C8H11.C3H6.Zr/c1-2-5-9-7-3-6-8(9)4-1;1-7(2)8-5-3-4-6-8;1-3-2;/h1-7H;5-7H,3H2,1-2H3;1-2H3;/q2*-1;;+2. The van der Waals surface area contributed by atoms with Gasteiger partial charge in [-0.1, -0.05) is 25.8 Å². The molecule has 0 radical (unpaired) electrons. The second kappa shape index (κ2) is 9.90. The molecule has 1 heteroatoms. The minimum Gasteiger partial charge on any atom is -0.168 e. The Labute approximate surface area is 144 Å². The molecule has 0 heterocycles. The molecule has 0 spiro atoms. The van der Waals surface area contributed by atoms with Gasteiger partial charge in [0.25, 0.3) is 0 Å². The van der Waals surface area contributed by atoms with Crippen LogP contribution in [0.15, 0.2) is 60.2 Å². The fraction of sp³-hybridized carbons (Fsp3) is 0.300. The van der Waals surface area contributed by atoms with E-state index in [4.69, 9.17) is 0 Å². The molecule has 2 aromatic rings. The quantitative estimate of drug-likeness (QED) is 0.581. The maximum Gasteiger partial charge on any atom is -0.0809 e.